The average Bonchev–Trinajstić information content (AvgIpc) is 2.56. The van der Waals surface area contributed by atoms with Crippen LogP contribution in [0.15, 0.2) is 90.1 Å². The van der Waals surface area contributed by atoms with Gasteiger partial charge in [-0.05, 0) is 48.9 Å². The van der Waals surface area contributed by atoms with Crippen molar-refractivity contribution in [3.63, 3.8) is 0 Å². The van der Waals surface area contributed by atoms with Crippen molar-refractivity contribution < 1.29 is 0 Å². The Bertz CT molecular complexity index is 613. The first kappa shape index (κ1) is 15.8. The third-order valence-electron chi connectivity index (χ3n) is 3.16. The summed E-state index contributed by atoms with van der Waals surface area (Å²) in [7, 11) is 0. The Morgan fingerprint density at radius 3 is 2.41 bits per heavy atom. The van der Waals surface area contributed by atoms with Crippen LogP contribution in [0.2, 0.25) is 0 Å². The third-order valence-corrected chi connectivity index (χ3v) is 3.16. The molecule has 2 nitrogen and oxygen atoms in total. The monoisotopic (exact) mass is 290 g/mol. The first-order chi connectivity index (χ1) is 10.8. The minimum absolute atomic E-state index is 0.484. The minimum atomic E-state index is 0.484. The van der Waals surface area contributed by atoms with E-state index in [2.05, 4.69) is 41.5 Å². The van der Waals surface area contributed by atoms with Crippen LogP contribution in [0.5, 0.6) is 0 Å². The van der Waals surface area contributed by atoms with Gasteiger partial charge in [-0.1, -0.05) is 55.5 Å². The second-order valence-electron chi connectivity index (χ2n) is 5.12. The summed E-state index contributed by atoms with van der Waals surface area (Å²) in [5.74, 6) is 0.484. The average molecular weight is 290 g/mol. The summed E-state index contributed by atoms with van der Waals surface area (Å²) in [6.45, 7) is 2.20. The zero-order chi connectivity index (χ0) is 15.5. The number of aliphatic imine (C=N–C) groups is 1. The van der Waals surface area contributed by atoms with E-state index < -0.39 is 0 Å². The molecule has 0 saturated carbocycles. The van der Waals surface area contributed by atoms with Crippen LogP contribution < -0.4 is 5.32 Å². The quantitative estimate of drug-likeness (QED) is 0.660. The van der Waals surface area contributed by atoms with Crippen LogP contribution >= 0.6 is 0 Å². The lowest BCUT2D eigenvalue weighted by Gasteiger charge is -2.03. The largest absolute Gasteiger partial charge is 0.362 e. The van der Waals surface area contributed by atoms with Gasteiger partial charge in [-0.25, -0.2) is 0 Å². The molecule has 0 bridgehead atoms. The van der Waals surface area contributed by atoms with Gasteiger partial charge in [-0.3, -0.25) is 4.99 Å². The lowest BCUT2D eigenvalue weighted by molar-refractivity contribution is 0.744. The van der Waals surface area contributed by atoms with E-state index in [9.17, 15) is 0 Å². The Morgan fingerprint density at radius 2 is 1.68 bits per heavy atom. The van der Waals surface area contributed by atoms with Crippen LogP contribution in [0.4, 0.5) is 11.4 Å². The SMILES string of the molecule is CC(C=CNc1ccccc1)CC=CC=Nc1ccccc1. The maximum absolute atomic E-state index is 4.36. The van der Waals surface area contributed by atoms with Crippen molar-refractivity contribution in [3.8, 4) is 0 Å². The normalized spacial score (nSPS) is 13.1. The van der Waals surface area contributed by atoms with E-state index in [4.69, 9.17) is 0 Å². The Hall–Kier alpha value is -2.61. The van der Waals surface area contributed by atoms with Crippen LogP contribution in [0.1, 0.15) is 13.3 Å². The van der Waals surface area contributed by atoms with E-state index in [1.54, 1.807) is 0 Å². The van der Waals surface area contributed by atoms with E-state index in [0.717, 1.165) is 17.8 Å². The van der Waals surface area contributed by atoms with Crippen molar-refractivity contribution in [1.82, 2.24) is 0 Å². The predicted molar refractivity (Wildman–Crippen MR) is 96.7 cm³/mol. The number of para-hydroxylation sites is 2. The molecule has 0 aliphatic carbocycles. The van der Waals surface area contributed by atoms with Crippen LogP contribution in [0.3, 0.4) is 0 Å². The highest BCUT2D eigenvalue weighted by molar-refractivity contribution is 5.74. The maximum Gasteiger partial charge on any atom is 0.0629 e. The van der Waals surface area contributed by atoms with E-state index in [1.165, 1.54) is 0 Å². The molecule has 2 aromatic carbocycles. The summed E-state index contributed by atoms with van der Waals surface area (Å²) in [5, 5.41) is 3.27. The standard InChI is InChI=1S/C20H22N2/c1-18(15-17-22-20-13-6-3-7-14-20)10-8-9-16-21-19-11-4-2-5-12-19/h2-9,11-18,22H,10H2,1H3. The van der Waals surface area contributed by atoms with Crippen molar-refractivity contribution in [1.29, 1.82) is 0 Å². The van der Waals surface area contributed by atoms with E-state index in [0.29, 0.717) is 5.92 Å². The van der Waals surface area contributed by atoms with E-state index in [1.807, 2.05) is 67.0 Å². The van der Waals surface area contributed by atoms with Crippen LogP contribution in [0, 0.1) is 5.92 Å². The van der Waals surface area contributed by atoms with E-state index >= 15 is 0 Å². The summed E-state index contributed by atoms with van der Waals surface area (Å²) in [6.07, 6.45) is 11.2. The van der Waals surface area contributed by atoms with Gasteiger partial charge in [0, 0.05) is 11.9 Å². The third kappa shape index (κ3) is 6.23. The summed E-state index contributed by atoms with van der Waals surface area (Å²) in [5.41, 5.74) is 2.09. The molecule has 0 heterocycles. The van der Waals surface area contributed by atoms with Crippen molar-refractivity contribution in [2.24, 2.45) is 10.9 Å². The minimum Gasteiger partial charge on any atom is -0.362 e. The number of nitrogens with one attached hydrogen (secondary N) is 1. The maximum atomic E-state index is 4.36. The molecule has 0 radical (unpaired) electrons. The summed E-state index contributed by atoms with van der Waals surface area (Å²) >= 11 is 0. The van der Waals surface area contributed by atoms with Crippen LogP contribution in [-0.4, -0.2) is 6.21 Å². The van der Waals surface area contributed by atoms with Gasteiger partial charge in [0.05, 0.1) is 5.69 Å². The smallest absolute Gasteiger partial charge is 0.0629 e. The van der Waals surface area contributed by atoms with Gasteiger partial charge in [0.1, 0.15) is 0 Å². The second-order valence-corrected chi connectivity index (χ2v) is 5.12. The Kier molecular flexibility index (Phi) is 6.70. The molecule has 0 amide bonds. The predicted octanol–water partition coefficient (Wildman–Crippen LogP) is 5.60. The van der Waals surface area contributed by atoms with Gasteiger partial charge in [0.2, 0.25) is 0 Å². The fourth-order valence-electron chi connectivity index (χ4n) is 1.92. The fourth-order valence-corrected chi connectivity index (χ4v) is 1.92. The number of nitrogens with zero attached hydrogens (tertiary/aromatic N) is 1. The molecule has 2 aromatic rings. The molecule has 22 heavy (non-hydrogen) atoms. The van der Waals surface area contributed by atoms with Gasteiger partial charge in [0.25, 0.3) is 0 Å². The molecule has 0 spiro atoms. The summed E-state index contributed by atoms with van der Waals surface area (Å²) < 4.78 is 0. The molecule has 2 rings (SSSR count). The molecule has 2 heteroatoms. The summed E-state index contributed by atoms with van der Waals surface area (Å²) in [4.78, 5) is 4.36. The number of allylic oxidation sites excluding steroid dienone is 3. The van der Waals surface area contributed by atoms with Crippen LogP contribution in [0.25, 0.3) is 0 Å². The topological polar surface area (TPSA) is 24.4 Å². The zero-order valence-electron chi connectivity index (χ0n) is 12.9. The molecule has 1 N–H and O–H groups in total. The molecule has 0 aliphatic heterocycles. The van der Waals surface area contributed by atoms with Gasteiger partial charge in [-0.15, -0.1) is 0 Å². The molecule has 0 fully saturated rings. The molecule has 0 saturated heterocycles. The molecule has 0 aliphatic rings. The van der Waals surface area contributed by atoms with E-state index in [-0.39, 0.29) is 0 Å². The molecule has 1 unspecified atom stereocenters. The lowest BCUT2D eigenvalue weighted by Crippen LogP contribution is -1.91. The molecule has 1 atom stereocenters. The highest BCUT2D eigenvalue weighted by atomic mass is 14.8. The van der Waals surface area contributed by atoms with Crippen molar-refractivity contribution in [3.05, 3.63) is 85.1 Å². The van der Waals surface area contributed by atoms with Crippen molar-refractivity contribution in [2.75, 3.05) is 5.32 Å². The first-order valence-corrected chi connectivity index (χ1v) is 7.57. The molecular formula is C20H22N2. The van der Waals surface area contributed by atoms with Gasteiger partial charge >= 0.3 is 0 Å². The number of rotatable bonds is 7. The van der Waals surface area contributed by atoms with Crippen molar-refractivity contribution >= 4 is 17.6 Å². The molecular weight excluding hydrogens is 268 g/mol. The molecule has 112 valence electrons. The Morgan fingerprint density at radius 1 is 1.00 bits per heavy atom. The first-order valence-electron chi connectivity index (χ1n) is 7.57. The van der Waals surface area contributed by atoms with Gasteiger partial charge in [-0.2, -0.15) is 0 Å². The highest BCUT2D eigenvalue weighted by Gasteiger charge is 1.92. The number of hydrogen-bond acceptors (Lipinski definition) is 2. The zero-order valence-corrected chi connectivity index (χ0v) is 12.9. The van der Waals surface area contributed by atoms with Gasteiger partial charge in [0.15, 0.2) is 0 Å². The molecule has 0 aromatic heterocycles. The lowest BCUT2D eigenvalue weighted by atomic mass is 10.1. The number of anilines is 1. The fraction of sp³-hybridized carbons (Fsp3) is 0.150. The van der Waals surface area contributed by atoms with Crippen LogP contribution in [-0.2, 0) is 0 Å². The Labute approximate surface area is 132 Å². The Balaban J connectivity index is 1.70. The van der Waals surface area contributed by atoms with Crippen molar-refractivity contribution in [2.45, 2.75) is 13.3 Å². The highest BCUT2D eigenvalue weighted by Crippen LogP contribution is 2.09. The second kappa shape index (κ2) is 9.35. The number of benzene rings is 2. The van der Waals surface area contributed by atoms with Gasteiger partial charge < -0.3 is 5.32 Å². The number of hydrogen-bond donors (Lipinski definition) is 1. The summed E-state index contributed by atoms with van der Waals surface area (Å²) in [6, 6.07) is 20.1.